The molecule has 1 saturated carbocycles. The second kappa shape index (κ2) is 6.71. The highest BCUT2D eigenvalue weighted by atomic mass is 79.9. The van der Waals surface area contributed by atoms with Gasteiger partial charge in [-0.15, -0.1) is 0 Å². The molecule has 0 radical (unpaired) electrons. The van der Waals surface area contributed by atoms with E-state index in [-0.39, 0.29) is 10.6 Å². The van der Waals surface area contributed by atoms with Crippen molar-refractivity contribution in [1.29, 1.82) is 0 Å². The largest absolute Gasteiger partial charge is 0.207 e. The van der Waals surface area contributed by atoms with Gasteiger partial charge in [-0.1, -0.05) is 59.6 Å². The van der Waals surface area contributed by atoms with Crippen LogP contribution in [-0.2, 0) is 0 Å². The third-order valence-electron chi connectivity index (χ3n) is 3.64. The summed E-state index contributed by atoms with van der Waals surface area (Å²) in [5.74, 6) is 0.522. The first-order valence-electron chi connectivity index (χ1n) is 6.36. The highest BCUT2D eigenvalue weighted by Crippen LogP contribution is 2.39. The van der Waals surface area contributed by atoms with Gasteiger partial charge in [0.25, 0.3) is 0 Å². The molecule has 1 aliphatic carbocycles. The Morgan fingerprint density at radius 1 is 1.28 bits per heavy atom. The molecule has 0 bridgehead atoms. The lowest BCUT2D eigenvalue weighted by Crippen LogP contribution is -2.09. The summed E-state index contributed by atoms with van der Waals surface area (Å²) in [5, 5.41) is 0.569. The molecule has 1 aromatic rings. The zero-order valence-electron chi connectivity index (χ0n) is 10.1. The van der Waals surface area contributed by atoms with Gasteiger partial charge in [-0.2, -0.15) is 0 Å². The van der Waals surface area contributed by atoms with Gasteiger partial charge in [0.1, 0.15) is 5.82 Å². The van der Waals surface area contributed by atoms with Gasteiger partial charge in [0.15, 0.2) is 0 Å². The molecule has 0 nitrogen and oxygen atoms in total. The lowest BCUT2D eigenvalue weighted by Gasteiger charge is -2.24. The Hall–Kier alpha value is 0.400. The molecule has 0 spiro atoms. The van der Waals surface area contributed by atoms with Crippen molar-refractivity contribution in [2.24, 2.45) is 5.92 Å². The molecule has 0 saturated heterocycles. The van der Waals surface area contributed by atoms with Crippen LogP contribution < -0.4 is 0 Å². The Balaban J connectivity index is 2.08. The van der Waals surface area contributed by atoms with Crippen LogP contribution in [0, 0.1) is 11.7 Å². The van der Waals surface area contributed by atoms with Crippen LogP contribution in [0.4, 0.5) is 4.39 Å². The van der Waals surface area contributed by atoms with Gasteiger partial charge >= 0.3 is 0 Å². The van der Waals surface area contributed by atoms with E-state index in [9.17, 15) is 4.39 Å². The van der Waals surface area contributed by atoms with E-state index in [4.69, 9.17) is 11.6 Å². The zero-order chi connectivity index (χ0) is 13.1. The van der Waals surface area contributed by atoms with Crippen molar-refractivity contribution in [2.75, 3.05) is 0 Å². The van der Waals surface area contributed by atoms with E-state index < -0.39 is 0 Å². The Bertz CT molecular complexity index is 417. The molecule has 2 rings (SSSR count). The molecule has 4 heteroatoms. The van der Waals surface area contributed by atoms with Crippen LogP contribution in [0.1, 0.15) is 48.9 Å². The lowest BCUT2D eigenvalue weighted by molar-refractivity contribution is 0.337. The van der Waals surface area contributed by atoms with E-state index in [1.165, 1.54) is 38.2 Å². The summed E-state index contributed by atoms with van der Waals surface area (Å²) < 4.78 is 14.5. The SMILES string of the molecule is Fc1cc(Br)c(Cl)cc1C(Br)CC1CCCCC1. The van der Waals surface area contributed by atoms with Crippen molar-refractivity contribution < 1.29 is 4.39 Å². The first kappa shape index (κ1) is 14.8. The number of alkyl halides is 1. The van der Waals surface area contributed by atoms with Gasteiger partial charge in [-0.3, -0.25) is 0 Å². The summed E-state index contributed by atoms with van der Waals surface area (Å²) in [6.45, 7) is 0. The normalized spacial score (nSPS) is 18.9. The van der Waals surface area contributed by atoms with Crippen LogP contribution in [-0.4, -0.2) is 0 Å². The summed E-state index contributed by atoms with van der Waals surface area (Å²) in [7, 11) is 0. The van der Waals surface area contributed by atoms with Gasteiger partial charge in [0.2, 0.25) is 0 Å². The molecule has 0 aromatic heterocycles. The van der Waals surface area contributed by atoms with Crippen molar-refractivity contribution in [3.8, 4) is 0 Å². The third-order valence-corrected chi connectivity index (χ3v) is 5.71. The lowest BCUT2D eigenvalue weighted by atomic mass is 9.85. The molecule has 1 aliphatic rings. The van der Waals surface area contributed by atoms with E-state index in [1.54, 1.807) is 6.07 Å². The number of halogens is 4. The summed E-state index contributed by atoms with van der Waals surface area (Å²) in [6, 6.07) is 3.18. The van der Waals surface area contributed by atoms with Gasteiger partial charge < -0.3 is 0 Å². The first-order chi connectivity index (χ1) is 8.58. The van der Waals surface area contributed by atoms with Crippen molar-refractivity contribution in [3.05, 3.63) is 33.0 Å². The van der Waals surface area contributed by atoms with Crippen LogP contribution in [0.2, 0.25) is 5.02 Å². The minimum absolute atomic E-state index is 0.0613. The second-order valence-corrected chi connectivity index (χ2v) is 7.36. The monoisotopic (exact) mass is 396 g/mol. The standard InChI is InChI=1S/C14H16Br2ClF/c15-11(6-9-4-2-1-3-5-9)10-7-13(17)12(16)8-14(10)18/h7-9,11H,1-6H2. The van der Waals surface area contributed by atoms with Gasteiger partial charge in [0.05, 0.1) is 5.02 Å². The maximum Gasteiger partial charge on any atom is 0.128 e. The first-order valence-corrected chi connectivity index (χ1v) is 8.45. The fourth-order valence-electron chi connectivity index (χ4n) is 2.62. The predicted octanol–water partition coefficient (Wildman–Crippen LogP) is 6.65. The average molecular weight is 399 g/mol. The average Bonchev–Trinajstić information content (AvgIpc) is 2.35. The molecule has 1 fully saturated rings. The molecule has 0 amide bonds. The van der Waals surface area contributed by atoms with Crippen LogP contribution in [0.15, 0.2) is 16.6 Å². The van der Waals surface area contributed by atoms with Crippen molar-refractivity contribution in [2.45, 2.75) is 43.4 Å². The van der Waals surface area contributed by atoms with E-state index in [0.717, 1.165) is 6.42 Å². The smallest absolute Gasteiger partial charge is 0.128 e. The molecule has 1 atom stereocenters. The second-order valence-electron chi connectivity index (χ2n) is 5.00. The Labute approximate surface area is 130 Å². The number of rotatable bonds is 3. The van der Waals surface area contributed by atoms with E-state index in [0.29, 0.717) is 21.0 Å². The van der Waals surface area contributed by atoms with Crippen molar-refractivity contribution in [3.63, 3.8) is 0 Å². The van der Waals surface area contributed by atoms with Crippen LogP contribution in [0.3, 0.4) is 0 Å². The maximum absolute atomic E-state index is 13.9. The molecule has 0 aliphatic heterocycles. The maximum atomic E-state index is 13.9. The summed E-state index contributed by atoms with van der Waals surface area (Å²) in [5.41, 5.74) is 0.675. The van der Waals surface area contributed by atoms with Gasteiger partial charge in [-0.05, 0) is 40.4 Å². The number of hydrogen-bond acceptors (Lipinski definition) is 0. The minimum Gasteiger partial charge on any atom is -0.207 e. The molecule has 0 heterocycles. The fourth-order valence-corrected chi connectivity index (χ4v) is 3.99. The minimum atomic E-state index is -0.191. The Morgan fingerprint density at radius 3 is 2.61 bits per heavy atom. The molecule has 100 valence electrons. The summed E-state index contributed by atoms with van der Waals surface area (Å²) in [6.07, 6.45) is 7.51. The Kier molecular flexibility index (Phi) is 5.52. The molecule has 0 N–H and O–H groups in total. The van der Waals surface area contributed by atoms with E-state index in [2.05, 4.69) is 31.9 Å². The van der Waals surface area contributed by atoms with E-state index in [1.807, 2.05) is 0 Å². The predicted molar refractivity (Wildman–Crippen MR) is 82.0 cm³/mol. The number of benzene rings is 1. The molecule has 1 aromatic carbocycles. The van der Waals surface area contributed by atoms with Gasteiger partial charge in [-0.25, -0.2) is 4.39 Å². The molecule has 18 heavy (non-hydrogen) atoms. The van der Waals surface area contributed by atoms with Crippen LogP contribution >= 0.6 is 43.5 Å². The zero-order valence-corrected chi connectivity index (χ0v) is 14.0. The van der Waals surface area contributed by atoms with Gasteiger partial charge in [0, 0.05) is 14.9 Å². The molecule has 1 unspecified atom stereocenters. The Morgan fingerprint density at radius 2 is 1.94 bits per heavy atom. The van der Waals surface area contributed by atoms with Crippen molar-refractivity contribution in [1.82, 2.24) is 0 Å². The quantitative estimate of drug-likeness (QED) is 0.395. The fraction of sp³-hybridized carbons (Fsp3) is 0.571. The van der Waals surface area contributed by atoms with Crippen LogP contribution in [0.5, 0.6) is 0 Å². The molecular formula is C14H16Br2ClF. The number of hydrogen-bond donors (Lipinski definition) is 0. The van der Waals surface area contributed by atoms with Crippen LogP contribution in [0.25, 0.3) is 0 Å². The topological polar surface area (TPSA) is 0 Å². The summed E-state index contributed by atoms with van der Waals surface area (Å²) >= 11 is 12.9. The van der Waals surface area contributed by atoms with Crippen molar-refractivity contribution >= 4 is 43.5 Å². The third kappa shape index (κ3) is 3.71. The summed E-state index contributed by atoms with van der Waals surface area (Å²) in [4.78, 5) is 0.0613. The van der Waals surface area contributed by atoms with E-state index >= 15 is 0 Å². The highest BCUT2D eigenvalue weighted by molar-refractivity contribution is 9.10. The molecular weight excluding hydrogens is 382 g/mol. The highest BCUT2D eigenvalue weighted by Gasteiger charge is 2.21.